The molecule has 3 heteroatoms. The summed E-state index contributed by atoms with van der Waals surface area (Å²) in [6.45, 7) is 7.98. The van der Waals surface area contributed by atoms with Gasteiger partial charge in [-0.2, -0.15) is 0 Å². The molecule has 0 aliphatic heterocycles. The van der Waals surface area contributed by atoms with Crippen molar-refractivity contribution in [1.82, 2.24) is 0 Å². The van der Waals surface area contributed by atoms with Gasteiger partial charge in [0.05, 0.1) is 0 Å². The number of hydrogen-bond acceptors (Lipinski definition) is 2. The van der Waals surface area contributed by atoms with E-state index < -0.39 is 6.10 Å². The molecule has 2 nitrogen and oxygen atoms in total. The standard InChI is InChI=1S/C14H17BrO2/c1-8-5-6-10(15)9-7-11(17-12(8)9)13(16)14(2,3)4/h5-7,13,16H,1-4H3. The fourth-order valence-electron chi connectivity index (χ4n) is 1.81. The summed E-state index contributed by atoms with van der Waals surface area (Å²) in [7, 11) is 0. The summed E-state index contributed by atoms with van der Waals surface area (Å²) in [4.78, 5) is 0. The topological polar surface area (TPSA) is 33.4 Å². The Hall–Kier alpha value is -0.800. The molecule has 1 heterocycles. The van der Waals surface area contributed by atoms with Crippen LogP contribution in [0.4, 0.5) is 0 Å². The van der Waals surface area contributed by atoms with Crippen molar-refractivity contribution in [2.45, 2.75) is 33.8 Å². The van der Waals surface area contributed by atoms with Crippen LogP contribution in [0.3, 0.4) is 0 Å². The number of aliphatic hydroxyl groups is 1. The van der Waals surface area contributed by atoms with Crippen LogP contribution in [0.2, 0.25) is 0 Å². The van der Waals surface area contributed by atoms with Gasteiger partial charge in [0.25, 0.3) is 0 Å². The minimum atomic E-state index is -0.596. The first-order valence-electron chi connectivity index (χ1n) is 5.67. The predicted molar refractivity (Wildman–Crippen MR) is 73.1 cm³/mol. The normalized spacial score (nSPS) is 14.2. The Morgan fingerprint density at radius 3 is 2.47 bits per heavy atom. The zero-order chi connectivity index (χ0) is 12.8. The van der Waals surface area contributed by atoms with Crippen molar-refractivity contribution in [1.29, 1.82) is 0 Å². The smallest absolute Gasteiger partial charge is 0.138 e. The van der Waals surface area contributed by atoms with Crippen LogP contribution >= 0.6 is 15.9 Å². The molecule has 0 amide bonds. The Balaban J connectivity index is 2.59. The Bertz CT molecular complexity index is 510. The maximum absolute atomic E-state index is 10.2. The summed E-state index contributed by atoms with van der Waals surface area (Å²) in [5, 5.41) is 11.2. The van der Waals surface area contributed by atoms with E-state index in [1.165, 1.54) is 0 Å². The SMILES string of the molecule is Cc1ccc(Br)c2cc(C(O)C(C)(C)C)oc12. The van der Waals surface area contributed by atoms with Crippen molar-refractivity contribution in [3.05, 3.63) is 34.0 Å². The van der Waals surface area contributed by atoms with E-state index in [-0.39, 0.29) is 5.41 Å². The van der Waals surface area contributed by atoms with E-state index in [4.69, 9.17) is 4.42 Å². The summed E-state index contributed by atoms with van der Waals surface area (Å²) >= 11 is 3.50. The number of benzene rings is 1. The van der Waals surface area contributed by atoms with Gasteiger partial charge >= 0.3 is 0 Å². The highest BCUT2D eigenvalue weighted by Gasteiger charge is 2.27. The Labute approximate surface area is 110 Å². The van der Waals surface area contributed by atoms with Gasteiger partial charge in [-0.25, -0.2) is 0 Å². The number of furan rings is 1. The second kappa shape index (κ2) is 4.14. The molecule has 0 aliphatic rings. The van der Waals surface area contributed by atoms with E-state index in [2.05, 4.69) is 15.9 Å². The molecule has 1 N–H and O–H groups in total. The van der Waals surface area contributed by atoms with Gasteiger partial charge in [-0.3, -0.25) is 0 Å². The molecule has 0 bridgehead atoms. The van der Waals surface area contributed by atoms with Crippen LogP contribution in [-0.2, 0) is 0 Å². The average Bonchev–Trinajstić information content (AvgIpc) is 2.67. The molecule has 2 rings (SSSR count). The average molecular weight is 297 g/mol. The zero-order valence-electron chi connectivity index (χ0n) is 10.5. The molecule has 17 heavy (non-hydrogen) atoms. The van der Waals surface area contributed by atoms with Crippen molar-refractivity contribution >= 4 is 26.9 Å². The number of rotatable bonds is 1. The maximum atomic E-state index is 10.2. The summed E-state index contributed by atoms with van der Waals surface area (Å²) < 4.78 is 6.78. The highest BCUT2D eigenvalue weighted by Crippen LogP contribution is 2.38. The number of halogens is 1. The van der Waals surface area contributed by atoms with E-state index >= 15 is 0 Å². The van der Waals surface area contributed by atoms with Crippen LogP contribution in [0.1, 0.15) is 38.2 Å². The fraction of sp³-hybridized carbons (Fsp3) is 0.429. The van der Waals surface area contributed by atoms with E-state index in [1.807, 2.05) is 45.9 Å². The highest BCUT2D eigenvalue weighted by molar-refractivity contribution is 9.10. The summed E-state index contributed by atoms with van der Waals surface area (Å²) in [5.74, 6) is 0.627. The third-order valence-electron chi connectivity index (χ3n) is 2.94. The number of fused-ring (bicyclic) bond motifs is 1. The van der Waals surface area contributed by atoms with Gasteiger partial charge in [0.2, 0.25) is 0 Å². The van der Waals surface area contributed by atoms with Crippen molar-refractivity contribution in [3.8, 4) is 0 Å². The van der Waals surface area contributed by atoms with Crippen LogP contribution in [-0.4, -0.2) is 5.11 Å². The first-order valence-corrected chi connectivity index (χ1v) is 6.46. The molecule has 0 aliphatic carbocycles. The lowest BCUT2D eigenvalue weighted by Gasteiger charge is -2.23. The zero-order valence-corrected chi connectivity index (χ0v) is 12.1. The minimum Gasteiger partial charge on any atom is -0.458 e. The molecule has 1 atom stereocenters. The highest BCUT2D eigenvalue weighted by atomic mass is 79.9. The monoisotopic (exact) mass is 296 g/mol. The van der Waals surface area contributed by atoms with Crippen LogP contribution < -0.4 is 0 Å². The molecule has 1 unspecified atom stereocenters. The first kappa shape index (κ1) is 12.7. The van der Waals surface area contributed by atoms with E-state index in [0.29, 0.717) is 5.76 Å². The first-order chi connectivity index (χ1) is 7.80. The summed E-state index contributed by atoms with van der Waals surface area (Å²) in [5.41, 5.74) is 1.70. The molecule has 0 spiro atoms. The quantitative estimate of drug-likeness (QED) is 0.835. The van der Waals surface area contributed by atoms with Crippen LogP contribution in [0, 0.1) is 12.3 Å². The third-order valence-corrected chi connectivity index (χ3v) is 3.63. The van der Waals surface area contributed by atoms with Crippen molar-refractivity contribution in [2.24, 2.45) is 5.41 Å². The molecule has 1 aromatic heterocycles. The van der Waals surface area contributed by atoms with Gasteiger partial charge in [0.1, 0.15) is 17.4 Å². The Kier molecular flexibility index (Phi) is 3.08. The third kappa shape index (κ3) is 2.26. The van der Waals surface area contributed by atoms with Crippen LogP contribution in [0.25, 0.3) is 11.0 Å². The van der Waals surface area contributed by atoms with E-state index in [0.717, 1.165) is 21.0 Å². The van der Waals surface area contributed by atoms with Crippen molar-refractivity contribution < 1.29 is 9.52 Å². The molecule has 1 aromatic carbocycles. The van der Waals surface area contributed by atoms with Gasteiger partial charge in [-0.1, -0.05) is 42.8 Å². The van der Waals surface area contributed by atoms with E-state index in [1.54, 1.807) is 0 Å². The fourth-order valence-corrected chi connectivity index (χ4v) is 2.23. The second-order valence-corrected chi connectivity index (χ2v) is 6.38. The predicted octanol–water partition coefficient (Wildman–Crippen LogP) is 4.58. The molecule has 0 fully saturated rings. The molecule has 0 saturated carbocycles. The lowest BCUT2D eigenvalue weighted by Crippen LogP contribution is -2.16. The van der Waals surface area contributed by atoms with Crippen molar-refractivity contribution in [3.63, 3.8) is 0 Å². The van der Waals surface area contributed by atoms with Crippen LogP contribution in [0.15, 0.2) is 27.1 Å². The summed E-state index contributed by atoms with van der Waals surface area (Å²) in [6.07, 6.45) is -0.596. The van der Waals surface area contributed by atoms with Gasteiger partial charge in [0.15, 0.2) is 0 Å². The minimum absolute atomic E-state index is 0.228. The summed E-state index contributed by atoms with van der Waals surface area (Å²) in [6, 6.07) is 5.92. The van der Waals surface area contributed by atoms with Gasteiger partial charge in [-0.05, 0) is 30.0 Å². The van der Waals surface area contributed by atoms with Crippen molar-refractivity contribution in [2.75, 3.05) is 0 Å². The van der Waals surface area contributed by atoms with Gasteiger partial charge in [-0.15, -0.1) is 0 Å². The Morgan fingerprint density at radius 2 is 1.94 bits per heavy atom. The number of aliphatic hydroxyl groups excluding tert-OH is 1. The lowest BCUT2D eigenvalue weighted by molar-refractivity contribution is 0.0448. The number of hydrogen-bond donors (Lipinski definition) is 1. The molecule has 0 saturated heterocycles. The number of aryl methyl sites for hydroxylation is 1. The van der Waals surface area contributed by atoms with Crippen LogP contribution in [0.5, 0.6) is 0 Å². The van der Waals surface area contributed by atoms with Gasteiger partial charge < -0.3 is 9.52 Å². The molecular formula is C14H17BrO2. The lowest BCUT2D eigenvalue weighted by atomic mass is 9.88. The maximum Gasteiger partial charge on any atom is 0.138 e. The molecule has 0 radical (unpaired) electrons. The molecule has 92 valence electrons. The van der Waals surface area contributed by atoms with E-state index in [9.17, 15) is 5.11 Å². The molecular weight excluding hydrogens is 280 g/mol. The molecule has 2 aromatic rings. The Morgan fingerprint density at radius 1 is 1.29 bits per heavy atom. The van der Waals surface area contributed by atoms with Gasteiger partial charge in [0, 0.05) is 9.86 Å². The second-order valence-electron chi connectivity index (χ2n) is 5.52. The largest absolute Gasteiger partial charge is 0.458 e.